The van der Waals surface area contributed by atoms with Gasteiger partial charge in [0.15, 0.2) is 5.76 Å². The van der Waals surface area contributed by atoms with Gasteiger partial charge in [0.2, 0.25) is 0 Å². The maximum Gasteiger partial charge on any atom is 0.291 e. The second-order valence-corrected chi connectivity index (χ2v) is 9.01. The number of hydrogen-bond acceptors (Lipinski definition) is 5. The van der Waals surface area contributed by atoms with Crippen molar-refractivity contribution in [3.05, 3.63) is 93.0 Å². The third-order valence-corrected chi connectivity index (χ3v) is 6.43. The van der Waals surface area contributed by atoms with Gasteiger partial charge in [-0.15, -0.1) is 0 Å². The first-order valence-electron chi connectivity index (χ1n) is 11.0. The Hall–Kier alpha value is -3.68. The van der Waals surface area contributed by atoms with Gasteiger partial charge in [0, 0.05) is 34.2 Å². The zero-order valence-electron chi connectivity index (χ0n) is 18.7. The van der Waals surface area contributed by atoms with Crippen molar-refractivity contribution in [3.8, 4) is 0 Å². The maximum atomic E-state index is 13.2. The summed E-state index contributed by atoms with van der Waals surface area (Å²) in [6, 6.07) is 14.0. The average Bonchev–Trinajstić information content (AvgIpc) is 3.20. The number of anilines is 1. The first-order valence-corrected chi connectivity index (χ1v) is 11.8. The molecule has 1 aliphatic carbocycles. The van der Waals surface area contributed by atoms with Crippen LogP contribution in [0.4, 0.5) is 5.69 Å². The Morgan fingerprint density at radius 1 is 1.06 bits per heavy atom. The van der Waals surface area contributed by atoms with Crippen molar-refractivity contribution in [2.24, 2.45) is 5.10 Å². The number of hydrazone groups is 1. The fourth-order valence-corrected chi connectivity index (χ4v) is 4.73. The highest BCUT2D eigenvalue weighted by molar-refractivity contribution is 6.36. The fraction of sp³-hybridized carbons (Fsp3) is 0.154. The zero-order valence-corrected chi connectivity index (χ0v) is 20.2. The second kappa shape index (κ2) is 9.52. The quantitative estimate of drug-likeness (QED) is 0.323. The van der Waals surface area contributed by atoms with E-state index in [1.54, 1.807) is 24.4 Å². The highest BCUT2D eigenvalue weighted by Crippen LogP contribution is 2.31. The number of nitrogens with zero attached hydrogens (tertiary/aromatic N) is 2. The molecule has 35 heavy (non-hydrogen) atoms. The van der Waals surface area contributed by atoms with Crippen LogP contribution in [-0.2, 0) is 6.42 Å². The van der Waals surface area contributed by atoms with E-state index in [0.717, 1.165) is 17.4 Å². The minimum absolute atomic E-state index is 0.213. The monoisotopic (exact) mass is 506 g/mol. The molecule has 0 aliphatic heterocycles. The molecule has 0 fully saturated rings. The normalized spacial score (nSPS) is 14.1. The van der Waals surface area contributed by atoms with Crippen LogP contribution in [0.25, 0.3) is 10.9 Å². The number of pyridine rings is 1. The largest absolute Gasteiger partial charge is 0.455 e. The van der Waals surface area contributed by atoms with Gasteiger partial charge >= 0.3 is 0 Å². The predicted octanol–water partition coefficient (Wildman–Crippen LogP) is 6.17. The number of aryl methyl sites for hydroxylation is 1. The molecule has 0 atom stereocenters. The van der Waals surface area contributed by atoms with E-state index in [-0.39, 0.29) is 22.3 Å². The number of para-hydroxylation sites is 1. The van der Waals surface area contributed by atoms with Gasteiger partial charge in [-0.1, -0.05) is 41.4 Å². The average molecular weight is 507 g/mol. The third kappa shape index (κ3) is 4.52. The molecular formula is C26H20Cl2N4O3. The van der Waals surface area contributed by atoms with Gasteiger partial charge < -0.3 is 9.73 Å². The summed E-state index contributed by atoms with van der Waals surface area (Å²) < 4.78 is 5.98. The minimum atomic E-state index is -0.450. The summed E-state index contributed by atoms with van der Waals surface area (Å²) in [5.41, 5.74) is 6.20. The molecule has 4 aromatic rings. The van der Waals surface area contributed by atoms with E-state index in [9.17, 15) is 9.59 Å². The lowest BCUT2D eigenvalue weighted by Gasteiger charge is -2.13. The summed E-state index contributed by atoms with van der Waals surface area (Å²) in [5, 5.41) is 8.86. The molecule has 0 spiro atoms. The van der Waals surface area contributed by atoms with Crippen molar-refractivity contribution in [1.29, 1.82) is 0 Å². The molecule has 176 valence electrons. The Labute approximate surface area is 211 Å². The topological polar surface area (TPSA) is 96.6 Å². The molecule has 2 aromatic heterocycles. The molecule has 0 unspecified atom stereocenters. The number of carbonyl (C=O) groups is 2. The molecule has 5 rings (SSSR count). The summed E-state index contributed by atoms with van der Waals surface area (Å²) in [7, 11) is 0. The van der Waals surface area contributed by atoms with Gasteiger partial charge in [0.05, 0.1) is 27.5 Å². The number of rotatable bonds is 4. The predicted molar refractivity (Wildman–Crippen MR) is 137 cm³/mol. The lowest BCUT2D eigenvalue weighted by atomic mass is 9.93. The summed E-state index contributed by atoms with van der Waals surface area (Å²) in [6.45, 7) is 1.82. The standard InChI is InChI=1S/C26H20Cl2N4O3/c1-14-22-19(31-32-25(33)17-11-10-16(27)13-18(17)28)7-3-9-21(22)35-24(14)26(34)30-20-8-2-5-15-6-4-12-29-23(15)20/h2,4-6,8,10-13H,3,7,9H2,1H3,(H,30,34)(H,32,33)/b31-19+. The number of fused-ring (bicyclic) bond motifs is 2. The highest BCUT2D eigenvalue weighted by Gasteiger charge is 2.28. The molecule has 0 saturated carbocycles. The minimum Gasteiger partial charge on any atom is -0.455 e. The molecule has 0 bridgehead atoms. The zero-order chi connectivity index (χ0) is 24.5. The number of halogens is 2. The van der Waals surface area contributed by atoms with E-state index >= 15 is 0 Å². The molecule has 2 N–H and O–H groups in total. The summed E-state index contributed by atoms with van der Waals surface area (Å²) in [5.74, 6) is 0.0670. The summed E-state index contributed by atoms with van der Waals surface area (Å²) >= 11 is 12.0. The van der Waals surface area contributed by atoms with Crippen molar-refractivity contribution in [2.45, 2.75) is 26.2 Å². The molecule has 1 aliphatic rings. The molecule has 0 saturated heterocycles. The maximum absolute atomic E-state index is 13.2. The van der Waals surface area contributed by atoms with E-state index in [2.05, 4.69) is 20.8 Å². The van der Waals surface area contributed by atoms with E-state index < -0.39 is 5.91 Å². The Bertz CT molecular complexity index is 1500. The molecule has 9 heteroatoms. The summed E-state index contributed by atoms with van der Waals surface area (Å²) in [4.78, 5) is 30.1. The van der Waals surface area contributed by atoms with Gasteiger partial charge in [-0.05, 0) is 50.1 Å². The van der Waals surface area contributed by atoms with Crippen molar-refractivity contribution in [1.82, 2.24) is 10.4 Å². The van der Waals surface area contributed by atoms with Gasteiger partial charge in [0.1, 0.15) is 5.76 Å². The Balaban J connectivity index is 1.41. The molecular weight excluding hydrogens is 487 g/mol. The van der Waals surface area contributed by atoms with E-state index in [1.165, 1.54) is 6.07 Å². The van der Waals surface area contributed by atoms with Crippen molar-refractivity contribution in [2.75, 3.05) is 5.32 Å². The van der Waals surface area contributed by atoms with Gasteiger partial charge in [0.25, 0.3) is 11.8 Å². The van der Waals surface area contributed by atoms with Crippen LogP contribution in [0, 0.1) is 6.92 Å². The SMILES string of the molecule is Cc1c(C(=O)Nc2cccc3cccnc23)oc2c1/C(=N/NC(=O)c1ccc(Cl)cc1Cl)CCC2. The van der Waals surface area contributed by atoms with Crippen LogP contribution in [0.5, 0.6) is 0 Å². The van der Waals surface area contributed by atoms with E-state index in [4.69, 9.17) is 27.6 Å². The molecule has 2 heterocycles. The Kier molecular flexibility index (Phi) is 6.28. The van der Waals surface area contributed by atoms with Crippen LogP contribution >= 0.6 is 23.2 Å². The number of benzene rings is 2. The number of amides is 2. The molecule has 0 radical (unpaired) electrons. The van der Waals surface area contributed by atoms with Crippen molar-refractivity contribution in [3.63, 3.8) is 0 Å². The smallest absolute Gasteiger partial charge is 0.291 e. The van der Waals surface area contributed by atoms with Crippen LogP contribution in [-0.4, -0.2) is 22.5 Å². The highest BCUT2D eigenvalue weighted by atomic mass is 35.5. The Morgan fingerprint density at radius 2 is 1.89 bits per heavy atom. The third-order valence-electron chi connectivity index (χ3n) is 5.88. The Morgan fingerprint density at radius 3 is 2.71 bits per heavy atom. The number of furan rings is 1. The number of nitrogens with one attached hydrogen (secondary N) is 2. The van der Waals surface area contributed by atoms with Crippen molar-refractivity contribution >= 4 is 57.3 Å². The van der Waals surface area contributed by atoms with Crippen molar-refractivity contribution < 1.29 is 14.0 Å². The van der Waals surface area contributed by atoms with Gasteiger partial charge in [-0.25, -0.2) is 5.43 Å². The number of aromatic nitrogens is 1. The number of hydrogen-bond donors (Lipinski definition) is 2. The molecule has 2 aromatic carbocycles. The number of carbonyl (C=O) groups excluding carboxylic acids is 2. The first-order chi connectivity index (χ1) is 16.9. The van der Waals surface area contributed by atoms with Crippen LogP contribution in [0.2, 0.25) is 10.0 Å². The van der Waals surface area contributed by atoms with Crippen LogP contribution in [0.3, 0.4) is 0 Å². The molecule has 2 amide bonds. The van der Waals surface area contributed by atoms with Crippen LogP contribution in [0.1, 0.15) is 50.6 Å². The van der Waals surface area contributed by atoms with E-state index in [1.807, 2.05) is 31.2 Å². The fourth-order valence-electron chi connectivity index (χ4n) is 4.23. The lowest BCUT2D eigenvalue weighted by molar-refractivity contribution is 0.0953. The van der Waals surface area contributed by atoms with Crippen LogP contribution < -0.4 is 10.7 Å². The van der Waals surface area contributed by atoms with Gasteiger partial charge in [-0.3, -0.25) is 14.6 Å². The first kappa shape index (κ1) is 23.1. The van der Waals surface area contributed by atoms with E-state index in [0.29, 0.717) is 46.1 Å². The molecule has 7 nitrogen and oxygen atoms in total. The summed E-state index contributed by atoms with van der Waals surface area (Å²) in [6.07, 6.45) is 3.78. The van der Waals surface area contributed by atoms with Crippen LogP contribution in [0.15, 0.2) is 64.2 Å². The van der Waals surface area contributed by atoms with Gasteiger partial charge in [-0.2, -0.15) is 5.10 Å². The lowest BCUT2D eigenvalue weighted by Crippen LogP contribution is -2.22. The second-order valence-electron chi connectivity index (χ2n) is 8.17.